The fraction of sp³-hybridized carbons (Fsp3) is 0.600. The number of carbonyl (C=O) groups excluding carboxylic acids is 1. The number of aromatic nitrogens is 2. The van der Waals surface area contributed by atoms with Gasteiger partial charge in [0, 0.05) is 26.2 Å². The van der Waals surface area contributed by atoms with Crippen molar-refractivity contribution in [2.24, 2.45) is 13.0 Å². The van der Waals surface area contributed by atoms with Gasteiger partial charge in [-0.15, -0.1) is 0 Å². The second kappa shape index (κ2) is 10.2. The summed E-state index contributed by atoms with van der Waals surface area (Å²) in [4.78, 5) is 18.1. The Balaban J connectivity index is 1.49. The quantitative estimate of drug-likeness (QED) is 0.680. The lowest BCUT2D eigenvalue weighted by Gasteiger charge is -2.43. The molecule has 0 N–H and O–H groups in total. The Morgan fingerprint density at radius 3 is 2.45 bits per heavy atom. The second-order valence-corrected chi connectivity index (χ2v) is 10.4. The molecule has 0 bridgehead atoms. The maximum atomic E-state index is 13.4. The van der Waals surface area contributed by atoms with Crippen LogP contribution in [0.4, 0.5) is 0 Å². The van der Waals surface area contributed by atoms with Crippen LogP contribution in [0.1, 0.15) is 47.4 Å². The van der Waals surface area contributed by atoms with Gasteiger partial charge in [-0.1, -0.05) is 30.3 Å². The van der Waals surface area contributed by atoms with Crippen LogP contribution in [-0.4, -0.2) is 69.2 Å². The highest BCUT2D eigenvalue weighted by Gasteiger charge is 2.34. The Hall–Kier alpha value is -1.79. The molecule has 1 aromatic carbocycles. The van der Waals surface area contributed by atoms with E-state index in [9.17, 15) is 4.79 Å². The van der Waals surface area contributed by atoms with Crippen LogP contribution < -0.4 is 0 Å². The standard InChI is InChI=1S/C25H36N4OS/c1-19-17-24(28(3)26-19)25(30)27(2)23(18-20-7-5-4-6-8-20)21-9-13-29(14-10-21)22-11-15-31-16-12-22/h4-8,17,21-23H,9-16,18H2,1-3H3. The second-order valence-electron chi connectivity index (χ2n) is 9.18. The molecule has 3 heterocycles. The Morgan fingerprint density at radius 1 is 1.16 bits per heavy atom. The molecular weight excluding hydrogens is 404 g/mol. The van der Waals surface area contributed by atoms with E-state index >= 15 is 0 Å². The summed E-state index contributed by atoms with van der Waals surface area (Å²) in [7, 11) is 3.85. The van der Waals surface area contributed by atoms with Crippen molar-refractivity contribution in [3.05, 3.63) is 53.3 Å². The number of likely N-dealkylation sites (tertiary alicyclic amines) is 1. The van der Waals surface area contributed by atoms with Gasteiger partial charge in [-0.05, 0) is 81.2 Å². The van der Waals surface area contributed by atoms with Gasteiger partial charge in [0.05, 0.1) is 5.69 Å². The first kappa shape index (κ1) is 22.4. The molecule has 0 spiro atoms. The van der Waals surface area contributed by atoms with Crippen molar-refractivity contribution < 1.29 is 4.79 Å². The van der Waals surface area contributed by atoms with Crippen molar-refractivity contribution >= 4 is 17.7 Å². The Morgan fingerprint density at radius 2 is 1.84 bits per heavy atom. The fourth-order valence-corrected chi connectivity index (χ4v) is 6.42. The van der Waals surface area contributed by atoms with E-state index in [0.717, 1.165) is 31.2 Å². The lowest BCUT2D eigenvalue weighted by Crippen LogP contribution is -2.50. The zero-order valence-corrected chi connectivity index (χ0v) is 20.0. The van der Waals surface area contributed by atoms with Gasteiger partial charge in [0.1, 0.15) is 5.69 Å². The smallest absolute Gasteiger partial charge is 0.272 e. The number of amides is 1. The molecule has 1 atom stereocenters. The van der Waals surface area contributed by atoms with Crippen LogP contribution >= 0.6 is 11.8 Å². The van der Waals surface area contributed by atoms with Gasteiger partial charge in [0.25, 0.3) is 5.91 Å². The van der Waals surface area contributed by atoms with Gasteiger partial charge >= 0.3 is 0 Å². The van der Waals surface area contributed by atoms with E-state index in [1.165, 1.54) is 42.8 Å². The third kappa shape index (κ3) is 5.35. The van der Waals surface area contributed by atoms with Gasteiger partial charge < -0.3 is 9.80 Å². The summed E-state index contributed by atoms with van der Waals surface area (Å²) in [5, 5.41) is 4.39. The molecule has 2 fully saturated rings. The molecule has 2 aromatic rings. The van der Waals surface area contributed by atoms with Gasteiger partial charge in [0.2, 0.25) is 0 Å². The highest BCUT2D eigenvalue weighted by molar-refractivity contribution is 7.99. The average Bonchev–Trinajstić information content (AvgIpc) is 3.15. The summed E-state index contributed by atoms with van der Waals surface area (Å²) in [6, 6.07) is 13.5. The summed E-state index contributed by atoms with van der Waals surface area (Å²) < 4.78 is 1.72. The molecule has 4 rings (SSSR count). The monoisotopic (exact) mass is 440 g/mol. The van der Waals surface area contributed by atoms with Gasteiger partial charge in [-0.25, -0.2) is 0 Å². The fourth-order valence-electron chi connectivity index (χ4n) is 5.34. The molecule has 1 amide bonds. The number of benzene rings is 1. The number of nitrogens with zero attached hydrogens (tertiary/aromatic N) is 4. The van der Waals surface area contributed by atoms with E-state index in [1.54, 1.807) is 4.68 Å². The van der Waals surface area contributed by atoms with Crippen LogP contribution in [0.25, 0.3) is 0 Å². The number of carbonyl (C=O) groups is 1. The average molecular weight is 441 g/mol. The van der Waals surface area contributed by atoms with Crippen molar-refractivity contribution in [2.75, 3.05) is 31.6 Å². The first-order valence-electron chi connectivity index (χ1n) is 11.7. The number of rotatable bonds is 6. The predicted molar refractivity (Wildman–Crippen MR) is 129 cm³/mol. The van der Waals surface area contributed by atoms with E-state index in [4.69, 9.17) is 0 Å². The normalized spacial score (nSPS) is 20.0. The topological polar surface area (TPSA) is 41.4 Å². The number of hydrogen-bond acceptors (Lipinski definition) is 4. The largest absolute Gasteiger partial charge is 0.337 e. The third-order valence-electron chi connectivity index (χ3n) is 7.15. The van der Waals surface area contributed by atoms with Crippen molar-refractivity contribution in [2.45, 2.75) is 51.1 Å². The lowest BCUT2D eigenvalue weighted by molar-refractivity contribution is 0.0527. The van der Waals surface area contributed by atoms with E-state index in [1.807, 2.05) is 32.0 Å². The van der Waals surface area contributed by atoms with Crippen LogP contribution in [0, 0.1) is 12.8 Å². The number of thioether (sulfide) groups is 1. The molecule has 2 saturated heterocycles. The van der Waals surface area contributed by atoms with Crippen molar-refractivity contribution in [3.63, 3.8) is 0 Å². The van der Waals surface area contributed by atoms with Gasteiger partial charge in [0.15, 0.2) is 0 Å². The summed E-state index contributed by atoms with van der Waals surface area (Å²) >= 11 is 2.10. The summed E-state index contributed by atoms with van der Waals surface area (Å²) in [6.07, 6.45) is 5.92. The van der Waals surface area contributed by atoms with Crippen LogP contribution in [0.15, 0.2) is 36.4 Å². The highest BCUT2D eigenvalue weighted by atomic mass is 32.2. The zero-order chi connectivity index (χ0) is 21.8. The van der Waals surface area contributed by atoms with E-state index in [-0.39, 0.29) is 11.9 Å². The predicted octanol–water partition coefficient (Wildman–Crippen LogP) is 4.02. The Kier molecular flexibility index (Phi) is 7.39. The number of likely N-dealkylation sites (N-methyl/N-ethyl adjacent to an activating group) is 1. The van der Waals surface area contributed by atoms with Gasteiger partial charge in [-0.3, -0.25) is 9.48 Å². The molecule has 0 saturated carbocycles. The summed E-state index contributed by atoms with van der Waals surface area (Å²) in [5.74, 6) is 3.22. The molecule has 2 aliphatic heterocycles. The molecule has 1 aromatic heterocycles. The van der Waals surface area contributed by atoms with Crippen molar-refractivity contribution in [1.29, 1.82) is 0 Å². The minimum atomic E-state index is 0.0794. The molecule has 0 radical (unpaired) electrons. The number of piperidine rings is 1. The summed E-state index contributed by atoms with van der Waals surface area (Å²) in [6.45, 7) is 4.27. The van der Waals surface area contributed by atoms with E-state index in [0.29, 0.717) is 11.6 Å². The van der Waals surface area contributed by atoms with Crippen LogP contribution in [0.5, 0.6) is 0 Å². The number of aryl methyl sites for hydroxylation is 2. The number of hydrogen-bond donors (Lipinski definition) is 0. The van der Waals surface area contributed by atoms with E-state index < -0.39 is 0 Å². The first-order chi connectivity index (χ1) is 15.0. The van der Waals surface area contributed by atoms with E-state index in [2.05, 4.69) is 52.1 Å². The Labute approximate surface area is 191 Å². The van der Waals surface area contributed by atoms with Crippen molar-refractivity contribution in [3.8, 4) is 0 Å². The highest BCUT2D eigenvalue weighted by Crippen LogP contribution is 2.31. The molecule has 6 heteroatoms. The zero-order valence-electron chi connectivity index (χ0n) is 19.2. The molecule has 1 unspecified atom stereocenters. The molecule has 2 aliphatic rings. The first-order valence-corrected chi connectivity index (χ1v) is 12.8. The summed E-state index contributed by atoms with van der Waals surface area (Å²) in [5.41, 5.74) is 2.87. The lowest BCUT2D eigenvalue weighted by atomic mass is 9.84. The molecule has 5 nitrogen and oxygen atoms in total. The molecule has 0 aliphatic carbocycles. The van der Waals surface area contributed by atoms with Gasteiger partial charge in [-0.2, -0.15) is 16.9 Å². The Bertz CT molecular complexity index is 854. The minimum absolute atomic E-state index is 0.0794. The molecule has 31 heavy (non-hydrogen) atoms. The van der Waals surface area contributed by atoms with Crippen LogP contribution in [0.2, 0.25) is 0 Å². The van der Waals surface area contributed by atoms with Crippen molar-refractivity contribution in [1.82, 2.24) is 19.6 Å². The maximum absolute atomic E-state index is 13.4. The van der Waals surface area contributed by atoms with Crippen LogP contribution in [-0.2, 0) is 13.5 Å². The maximum Gasteiger partial charge on any atom is 0.272 e. The molecular formula is C25H36N4OS. The SMILES string of the molecule is Cc1cc(C(=O)N(C)C(Cc2ccccc2)C2CCN(C3CCSCC3)CC2)n(C)n1. The third-order valence-corrected chi connectivity index (χ3v) is 8.20. The minimum Gasteiger partial charge on any atom is -0.337 e. The van der Waals surface area contributed by atoms with Crippen LogP contribution in [0.3, 0.4) is 0 Å². The molecule has 168 valence electrons.